The molecule has 1 aromatic heterocycles. The van der Waals surface area contributed by atoms with Gasteiger partial charge in [0.15, 0.2) is 0 Å². The summed E-state index contributed by atoms with van der Waals surface area (Å²) >= 11 is 0. The molecular formula is C15H22N4. The molecule has 0 amide bonds. The minimum absolute atomic E-state index is 0.265. The van der Waals surface area contributed by atoms with Crippen molar-refractivity contribution in [1.82, 2.24) is 20.3 Å². The maximum atomic E-state index is 4.04. The lowest BCUT2D eigenvalue weighted by Gasteiger charge is -2.19. The van der Waals surface area contributed by atoms with Crippen LogP contribution in [0.2, 0.25) is 0 Å². The summed E-state index contributed by atoms with van der Waals surface area (Å²) in [6, 6.07) is 8.80. The van der Waals surface area contributed by atoms with Crippen LogP contribution in [0.5, 0.6) is 0 Å². The molecule has 0 aliphatic rings. The van der Waals surface area contributed by atoms with Crippen molar-refractivity contribution in [3.05, 3.63) is 47.3 Å². The molecule has 1 heterocycles. The fourth-order valence-corrected chi connectivity index (χ4v) is 2.27. The number of rotatable bonds is 6. The molecule has 0 bridgehead atoms. The van der Waals surface area contributed by atoms with Crippen molar-refractivity contribution in [3.63, 3.8) is 0 Å². The van der Waals surface area contributed by atoms with E-state index in [0.717, 1.165) is 25.1 Å². The molecule has 0 aliphatic heterocycles. The Balaban J connectivity index is 2.19. The molecule has 0 saturated heterocycles. The Labute approximate surface area is 114 Å². The van der Waals surface area contributed by atoms with Gasteiger partial charge in [-0.15, -0.1) is 5.10 Å². The van der Waals surface area contributed by atoms with Crippen molar-refractivity contribution in [2.45, 2.75) is 32.7 Å². The van der Waals surface area contributed by atoms with Gasteiger partial charge in [-0.3, -0.25) is 4.68 Å². The highest BCUT2D eigenvalue weighted by atomic mass is 15.4. The van der Waals surface area contributed by atoms with Crippen LogP contribution in [-0.2, 0) is 13.5 Å². The first-order chi connectivity index (χ1) is 9.22. The van der Waals surface area contributed by atoms with Crippen LogP contribution < -0.4 is 5.32 Å². The Morgan fingerprint density at radius 3 is 2.74 bits per heavy atom. The van der Waals surface area contributed by atoms with Crippen LogP contribution in [0.1, 0.15) is 36.2 Å². The normalized spacial score (nSPS) is 12.6. The van der Waals surface area contributed by atoms with Gasteiger partial charge < -0.3 is 5.32 Å². The number of benzene rings is 1. The molecule has 0 fully saturated rings. The maximum absolute atomic E-state index is 4.04. The third-order valence-electron chi connectivity index (χ3n) is 3.43. The van der Waals surface area contributed by atoms with Crippen LogP contribution in [0.15, 0.2) is 30.5 Å². The number of aromatic nitrogens is 3. The first-order valence-corrected chi connectivity index (χ1v) is 6.84. The van der Waals surface area contributed by atoms with Crippen molar-refractivity contribution < 1.29 is 0 Å². The highest BCUT2D eigenvalue weighted by molar-refractivity contribution is 5.27. The van der Waals surface area contributed by atoms with Gasteiger partial charge in [-0.25, -0.2) is 0 Å². The van der Waals surface area contributed by atoms with Crippen LogP contribution in [0.25, 0.3) is 0 Å². The Bertz CT molecular complexity index is 518. The van der Waals surface area contributed by atoms with Crippen molar-refractivity contribution in [1.29, 1.82) is 0 Å². The smallest absolute Gasteiger partial charge is 0.0756 e. The van der Waals surface area contributed by atoms with E-state index in [1.165, 1.54) is 11.1 Å². The minimum atomic E-state index is 0.265. The van der Waals surface area contributed by atoms with E-state index in [9.17, 15) is 0 Å². The summed E-state index contributed by atoms with van der Waals surface area (Å²) in [4.78, 5) is 0. The lowest BCUT2D eigenvalue weighted by Crippen LogP contribution is -2.26. The molecule has 0 radical (unpaired) electrons. The van der Waals surface area contributed by atoms with E-state index in [4.69, 9.17) is 0 Å². The molecule has 1 unspecified atom stereocenters. The number of aryl methyl sites for hydroxylation is 2. The van der Waals surface area contributed by atoms with Crippen LogP contribution >= 0.6 is 0 Å². The molecule has 4 heteroatoms. The fraction of sp³-hybridized carbons (Fsp3) is 0.467. The molecule has 4 nitrogen and oxygen atoms in total. The first-order valence-electron chi connectivity index (χ1n) is 6.84. The average molecular weight is 258 g/mol. The van der Waals surface area contributed by atoms with Crippen LogP contribution in [0.3, 0.4) is 0 Å². The molecule has 1 aromatic carbocycles. The quantitative estimate of drug-likeness (QED) is 0.865. The SMILES string of the molecule is CCCNC(Cc1ccccc1C)c1cnnn1C. The highest BCUT2D eigenvalue weighted by Crippen LogP contribution is 2.19. The standard InChI is InChI=1S/C15H22N4/c1-4-9-16-14(15-11-17-18-19(15)3)10-13-8-6-5-7-12(13)2/h5-8,11,14,16H,4,9-10H2,1-3H3. The van der Waals surface area contributed by atoms with Gasteiger partial charge in [-0.05, 0) is 37.4 Å². The Kier molecular flexibility index (Phi) is 4.68. The van der Waals surface area contributed by atoms with E-state index < -0.39 is 0 Å². The summed E-state index contributed by atoms with van der Waals surface area (Å²) in [6.45, 7) is 5.34. The van der Waals surface area contributed by atoms with Gasteiger partial charge in [0, 0.05) is 7.05 Å². The minimum Gasteiger partial charge on any atom is -0.308 e. The summed E-state index contributed by atoms with van der Waals surface area (Å²) in [5.74, 6) is 0. The Morgan fingerprint density at radius 1 is 1.32 bits per heavy atom. The predicted molar refractivity (Wildman–Crippen MR) is 76.9 cm³/mol. The molecule has 1 atom stereocenters. The second kappa shape index (κ2) is 6.48. The van der Waals surface area contributed by atoms with Crippen molar-refractivity contribution >= 4 is 0 Å². The Hall–Kier alpha value is -1.68. The molecule has 2 rings (SSSR count). The third-order valence-corrected chi connectivity index (χ3v) is 3.43. The monoisotopic (exact) mass is 258 g/mol. The second-order valence-corrected chi connectivity index (χ2v) is 4.92. The van der Waals surface area contributed by atoms with Crippen LogP contribution in [0, 0.1) is 6.92 Å². The Morgan fingerprint density at radius 2 is 2.11 bits per heavy atom. The zero-order chi connectivity index (χ0) is 13.7. The number of nitrogens with zero attached hydrogens (tertiary/aromatic N) is 3. The summed E-state index contributed by atoms with van der Waals surface area (Å²) in [5, 5.41) is 11.6. The van der Waals surface area contributed by atoms with E-state index in [1.54, 1.807) is 0 Å². The first kappa shape index (κ1) is 13.7. The molecule has 2 aromatic rings. The molecule has 0 saturated carbocycles. The summed E-state index contributed by atoms with van der Waals surface area (Å²) in [7, 11) is 1.95. The fourth-order valence-electron chi connectivity index (χ4n) is 2.27. The predicted octanol–water partition coefficient (Wildman–Crippen LogP) is 2.41. The summed E-state index contributed by atoms with van der Waals surface area (Å²) in [5.41, 5.74) is 3.84. The van der Waals surface area contributed by atoms with Gasteiger partial charge in [0.25, 0.3) is 0 Å². The average Bonchev–Trinajstić information content (AvgIpc) is 2.83. The third kappa shape index (κ3) is 3.41. The van der Waals surface area contributed by atoms with E-state index in [-0.39, 0.29) is 6.04 Å². The zero-order valence-corrected chi connectivity index (χ0v) is 11.9. The number of nitrogens with one attached hydrogen (secondary N) is 1. The van der Waals surface area contributed by atoms with Gasteiger partial charge in [-0.2, -0.15) is 0 Å². The van der Waals surface area contributed by atoms with Crippen molar-refractivity contribution in [2.75, 3.05) is 6.54 Å². The topological polar surface area (TPSA) is 42.7 Å². The van der Waals surface area contributed by atoms with Gasteiger partial charge in [0.1, 0.15) is 0 Å². The number of hydrogen-bond acceptors (Lipinski definition) is 3. The lowest BCUT2D eigenvalue weighted by molar-refractivity contribution is 0.491. The molecule has 0 aliphatic carbocycles. The number of hydrogen-bond donors (Lipinski definition) is 1. The zero-order valence-electron chi connectivity index (χ0n) is 11.9. The largest absolute Gasteiger partial charge is 0.308 e. The van der Waals surface area contributed by atoms with Gasteiger partial charge in [0.2, 0.25) is 0 Å². The van der Waals surface area contributed by atoms with Gasteiger partial charge in [-0.1, -0.05) is 36.4 Å². The van der Waals surface area contributed by atoms with Gasteiger partial charge in [0.05, 0.1) is 17.9 Å². The summed E-state index contributed by atoms with van der Waals surface area (Å²) < 4.78 is 1.85. The van der Waals surface area contributed by atoms with Crippen LogP contribution in [0.4, 0.5) is 0 Å². The van der Waals surface area contributed by atoms with E-state index in [0.29, 0.717) is 0 Å². The molecular weight excluding hydrogens is 236 g/mol. The molecule has 0 spiro atoms. The van der Waals surface area contributed by atoms with E-state index >= 15 is 0 Å². The maximum Gasteiger partial charge on any atom is 0.0756 e. The van der Waals surface area contributed by atoms with Crippen LogP contribution in [-0.4, -0.2) is 21.5 Å². The second-order valence-electron chi connectivity index (χ2n) is 4.92. The van der Waals surface area contributed by atoms with Crippen molar-refractivity contribution in [3.8, 4) is 0 Å². The summed E-state index contributed by atoms with van der Waals surface area (Å²) in [6.07, 6.45) is 3.94. The van der Waals surface area contributed by atoms with E-state index in [1.807, 2.05) is 17.9 Å². The van der Waals surface area contributed by atoms with Gasteiger partial charge >= 0.3 is 0 Å². The lowest BCUT2D eigenvalue weighted by atomic mass is 9.99. The molecule has 1 N–H and O–H groups in total. The molecule has 102 valence electrons. The van der Waals surface area contributed by atoms with Crippen molar-refractivity contribution in [2.24, 2.45) is 7.05 Å². The molecule has 19 heavy (non-hydrogen) atoms. The highest BCUT2D eigenvalue weighted by Gasteiger charge is 2.16. The van der Waals surface area contributed by atoms with E-state index in [2.05, 4.69) is 53.7 Å².